The fourth-order valence-electron chi connectivity index (χ4n) is 1.64. The molecule has 1 rings (SSSR count). The second-order valence-corrected chi connectivity index (χ2v) is 6.13. The summed E-state index contributed by atoms with van der Waals surface area (Å²) in [5, 5.41) is 10.4. The Morgan fingerprint density at radius 3 is 2.25 bits per heavy atom. The first kappa shape index (κ1) is 13.4. The molecule has 16 heavy (non-hydrogen) atoms. The average Bonchev–Trinajstić information content (AvgIpc) is 2.17. The molecule has 0 bridgehead atoms. The van der Waals surface area contributed by atoms with Crippen molar-refractivity contribution in [3.05, 3.63) is 0 Å². The third-order valence-electron chi connectivity index (χ3n) is 2.61. The fraction of sp³-hybridized carbons (Fsp3) is 0.875. The molecule has 0 aromatic heterocycles. The van der Waals surface area contributed by atoms with Gasteiger partial charge in [0.25, 0.3) is 10.2 Å². The van der Waals surface area contributed by atoms with Gasteiger partial charge in [-0.1, -0.05) is 0 Å². The van der Waals surface area contributed by atoms with Gasteiger partial charge in [-0.15, -0.1) is 0 Å². The van der Waals surface area contributed by atoms with Crippen molar-refractivity contribution in [2.75, 3.05) is 46.8 Å². The maximum absolute atomic E-state index is 11.7. The van der Waals surface area contributed by atoms with E-state index < -0.39 is 16.2 Å². The Balaban J connectivity index is 2.52. The van der Waals surface area contributed by atoms with E-state index in [1.165, 1.54) is 18.4 Å². The van der Waals surface area contributed by atoms with Crippen LogP contribution >= 0.6 is 0 Å². The number of hydrogen-bond donors (Lipinski definition) is 1. The number of quaternary nitrogens is 1. The molecule has 0 unspecified atom stereocenters. The number of nitrogens with one attached hydrogen (secondary N) is 1. The second kappa shape index (κ2) is 5.09. The largest absolute Gasteiger partial charge is 0.544 e. The van der Waals surface area contributed by atoms with E-state index in [1.807, 2.05) is 0 Å². The first-order valence-corrected chi connectivity index (χ1v) is 6.44. The molecule has 0 aromatic carbocycles. The molecule has 94 valence electrons. The van der Waals surface area contributed by atoms with Gasteiger partial charge in [0, 0.05) is 14.1 Å². The molecule has 0 radical (unpaired) electrons. The number of nitrogens with zero attached hydrogens (tertiary/aromatic N) is 2. The SMILES string of the molecule is CN(C)S(=O)(=O)N1CC[NH+](CC(=O)[O-])CC1. The molecule has 0 aliphatic carbocycles. The van der Waals surface area contributed by atoms with Gasteiger partial charge in [-0.25, -0.2) is 0 Å². The van der Waals surface area contributed by atoms with E-state index >= 15 is 0 Å². The minimum Gasteiger partial charge on any atom is -0.544 e. The number of aliphatic carboxylic acids is 1. The summed E-state index contributed by atoms with van der Waals surface area (Å²) in [4.78, 5) is 11.2. The molecule has 1 aliphatic heterocycles. The molecule has 1 aliphatic rings. The van der Waals surface area contributed by atoms with Crippen LogP contribution in [0.1, 0.15) is 0 Å². The lowest BCUT2D eigenvalue weighted by Gasteiger charge is -2.32. The monoisotopic (exact) mass is 251 g/mol. The number of hydrogen-bond acceptors (Lipinski definition) is 4. The summed E-state index contributed by atoms with van der Waals surface area (Å²) in [6, 6.07) is 0. The van der Waals surface area contributed by atoms with Gasteiger partial charge in [0.2, 0.25) is 0 Å². The van der Waals surface area contributed by atoms with Crippen molar-refractivity contribution in [2.45, 2.75) is 0 Å². The number of carbonyl (C=O) groups is 1. The standard InChI is InChI=1S/C8H17N3O4S/c1-9(2)16(14,15)11-5-3-10(4-6-11)7-8(12)13/h3-7H2,1-2H3,(H,12,13). The van der Waals surface area contributed by atoms with Crippen LogP contribution in [0.2, 0.25) is 0 Å². The molecular weight excluding hydrogens is 234 g/mol. The topological polar surface area (TPSA) is 85.2 Å². The van der Waals surface area contributed by atoms with E-state index in [0.29, 0.717) is 26.2 Å². The lowest BCUT2D eigenvalue weighted by Crippen LogP contribution is -3.16. The van der Waals surface area contributed by atoms with E-state index in [9.17, 15) is 18.3 Å². The van der Waals surface area contributed by atoms with Crippen molar-refractivity contribution in [2.24, 2.45) is 0 Å². The highest BCUT2D eigenvalue weighted by Crippen LogP contribution is 2.03. The van der Waals surface area contributed by atoms with Gasteiger partial charge in [-0.2, -0.15) is 17.0 Å². The van der Waals surface area contributed by atoms with E-state index in [-0.39, 0.29) is 6.54 Å². The summed E-state index contributed by atoms with van der Waals surface area (Å²) in [6.45, 7) is 1.64. The lowest BCUT2D eigenvalue weighted by molar-refractivity contribution is -0.898. The number of carboxylic acid groups (broad SMARTS) is 1. The summed E-state index contributed by atoms with van der Waals surface area (Å²) in [5.74, 6) is -1.10. The van der Waals surface area contributed by atoms with Gasteiger partial charge < -0.3 is 14.8 Å². The Labute approximate surface area is 95.4 Å². The Bertz CT molecular complexity index is 346. The number of piperazine rings is 1. The summed E-state index contributed by atoms with van der Waals surface area (Å²) in [7, 11) is -0.398. The quantitative estimate of drug-likeness (QED) is 0.548. The van der Waals surface area contributed by atoms with Gasteiger partial charge in [0.15, 0.2) is 0 Å². The van der Waals surface area contributed by atoms with Crippen LogP contribution in [0, 0.1) is 0 Å². The predicted octanol–water partition coefficient (Wildman–Crippen LogP) is -4.26. The van der Waals surface area contributed by atoms with E-state index in [1.54, 1.807) is 0 Å². The van der Waals surface area contributed by atoms with Crippen LogP contribution in [0.15, 0.2) is 0 Å². The highest BCUT2D eigenvalue weighted by Gasteiger charge is 2.30. The Hall–Kier alpha value is -0.700. The summed E-state index contributed by atoms with van der Waals surface area (Å²) < 4.78 is 26.0. The average molecular weight is 251 g/mol. The summed E-state index contributed by atoms with van der Waals surface area (Å²) in [6.07, 6.45) is 0. The Morgan fingerprint density at radius 2 is 1.88 bits per heavy atom. The van der Waals surface area contributed by atoms with Crippen molar-refractivity contribution in [1.82, 2.24) is 8.61 Å². The van der Waals surface area contributed by atoms with Crippen molar-refractivity contribution in [1.29, 1.82) is 0 Å². The number of rotatable bonds is 4. The Kier molecular flexibility index (Phi) is 4.25. The van der Waals surface area contributed by atoms with E-state index in [4.69, 9.17) is 0 Å². The van der Waals surface area contributed by atoms with Crippen molar-refractivity contribution < 1.29 is 23.2 Å². The highest BCUT2D eigenvalue weighted by atomic mass is 32.2. The van der Waals surface area contributed by atoms with E-state index in [2.05, 4.69) is 0 Å². The zero-order chi connectivity index (χ0) is 12.3. The molecular formula is C8H17N3O4S. The molecule has 0 aromatic rings. The smallest absolute Gasteiger partial charge is 0.281 e. The first-order valence-electron chi connectivity index (χ1n) is 5.05. The minimum atomic E-state index is -3.36. The highest BCUT2D eigenvalue weighted by molar-refractivity contribution is 7.86. The second-order valence-electron chi connectivity index (χ2n) is 3.99. The zero-order valence-corrected chi connectivity index (χ0v) is 10.3. The molecule has 1 N–H and O–H groups in total. The van der Waals surface area contributed by atoms with E-state index in [0.717, 1.165) is 9.21 Å². The Morgan fingerprint density at radius 1 is 1.38 bits per heavy atom. The predicted molar refractivity (Wildman–Crippen MR) is 54.8 cm³/mol. The number of carbonyl (C=O) groups excluding carboxylic acids is 1. The summed E-state index contributed by atoms with van der Waals surface area (Å²) >= 11 is 0. The lowest BCUT2D eigenvalue weighted by atomic mass is 10.3. The third-order valence-corrected chi connectivity index (χ3v) is 4.55. The van der Waals surface area contributed by atoms with Crippen LogP contribution < -0.4 is 10.0 Å². The van der Waals surface area contributed by atoms with Gasteiger partial charge in [0.1, 0.15) is 6.54 Å². The summed E-state index contributed by atoms with van der Waals surface area (Å²) in [5.41, 5.74) is 0. The van der Waals surface area contributed by atoms with Crippen LogP contribution in [-0.2, 0) is 15.0 Å². The van der Waals surface area contributed by atoms with Crippen molar-refractivity contribution in [3.63, 3.8) is 0 Å². The van der Waals surface area contributed by atoms with Crippen LogP contribution in [0.4, 0.5) is 0 Å². The van der Waals surface area contributed by atoms with Crippen LogP contribution in [-0.4, -0.2) is 69.8 Å². The molecule has 0 amide bonds. The maximum Gasteiger partial charge on any atom is 0.281 e. The van der Waals surface area contributed by atoms with Gasteiger partial charge >= 0.3 is 0 Å². The van der Waals surface area contributed by atoms with Crippen molar-refractivity contribution in [3.8, 4) is 0 Å². The maximum atomic E-state index is 11.7. The molecule has 1 saturated heterocycles. The first-order chi connectivity index (χ1) is 7.34. The third kappa shape index (κ3) is 3.14. The zero-order valence-electron chi connectivity index (χ0n) is 9.47. The van der Waals surface area contributed by atoms with Gasteiger partial charge in [-0.3, -0.25) is 0 Å². The molecule has 1 fully saturated rings. The van der Waals surface area contributed by atoms with Gasteiger partial charge in [-0.05, 0) is 0 Å². The molecule has 0 saturated carbocycles. The van der Waals surface area contributed by atoms with Crippen LogP contribution in [0.25, 0.3) is 0 Å². The van der Waals surface area contributed by atoms with Crippen molar-refractivity contribution >= 4 is 16.2 Å². The van der Waals surface area contributed by atoms with Crippen LogP contribution in [0.5, 0.6) is 0 Å². The normalized spacial score (nSPS) is 20.2. The fourth-order valence-corrected chi connectivity index (χ4v) is 2.75. The molecule has 0 atom stereocenters. The molecule has 8 heteroatoms. The minimum absolute atomic E-state index is 0.0597. The number of carboxylic acids is 1. The molecule has 0 spiro atoms. The van der Waals surface area contributed by atoms with Gasteiger partial charge in [0.05, 0.1) is 32.1 Å². The molecule has 1 heterocycles. The van der Waals surface area contributed by atoms with Crippen LogP contribution in [0.3, 0.4) is 0 Å². The molecule has 7 nitrogen and oxygen atoms in total.